The molecule has 1 aromatic carbocycles. The van der Waals surface area contributed by atoms with Gasteiger partial charge in [0.15, 0.2) is 0 Å². The highest BCUT2D eigenvalue weighted by Gasteiger charge is 2.33. The van der Waals surface area contributed by atoms with Crippen molar-refractivity contribution in [1.29, 1.82) is 0 Å². The molecule has 140 valence electrons. The van der Waals surface area contributed by atoms with Gasteiger partial charge in [0.05, 0.1) is 37.1 Å². The number of ether oxygens (including phenoxy) is 2. The highest BCUT2D eigenvalue weighted by Crippen LogP contribution is 2.39. The van der Waals surface area contributed by atoms with E-state index in [0.717, 1.165) is 29.9 Å². The van der Waals surface area contributed by atoms with Gasteiger partial charge in [-0.1, -0.05) is 24.3 Å². The predicted molar refractivity (Wildman–Crippen MR) is 102 cm³/mol. The summed E-state index contributed by atoms with van der Waals surface area (Å²) >= 11 is 0. The number of carbonyl (C=O) groups excluding carboxylic acids is 2. The van der Waals surface area contributed by atoms with Gasteiger partial charge >= 0.3 is 11.9 Å². The van der Waals surface area contributed by atoms with Gasteiger partial charge in [-0.2, -0.15) is 0 Å². The number of methoxy groups -OCH3 is 1. The zero-order valence-corrected chi connectivity index (χ0v) is 15.5. The van der Waals surface area contributed by atoms with Crippen LogP contribution in [0.5, 0.6) is 0 Å². The highest BCUT2D eigenvalue weighted by atomic mass is 16.5. The quantitative estimate of drug-likeness (QED) is 0.842. The fraction of sp³-hybridized carbons (Fsp3) is 0.333. The number of esters is 2. The molecular formula is C21H22N2O4. The number of benzene rings is 1. The zero-order valence-electron chi connectivity index (χ0n) is 15.5. The van der Waals surface area contributed by atoms with Gasteiger partial charge in [0.25, 0.3) is 0 Å². The Hall–Kier alpha value is -3.02. The predicted octanol–water partition coefficient (Wildman–Crippen LogP) is 3.01. The average Bonchev–Trinajstić information content (AvgIpc) is 3.06. The summed E-state index contributed by atoms with van der Waals surface area (Å²) in [7, 11) is 1.36. The van der Waals surface area contributed by atoms with E-state index in [1.807, 2.05) is 24.4 Å². The van der Waals surface area contributed by atoms with E-state index in [1.54, 1.807) is 6.92 Å². The van der Waals surface area contributed by atoms with Crippen LogP contribution in [0.4, 0.5) is 0 Å². The topological polar surface area (TPSA) is 71.6 Å². The third-order valence-electron chi connectivity index (χ3n) is 5.15. The van der Waals surface area contributed by atoms with Crippen molar-refractivity contribution in [2.75, 3.05) is 20.3 Å². The van der Waals surface area contributed by atoms with Crippen molar-refractivity contribution in [2.24, 2.45) is 5.92 Å². The summed E-state index contributed by atoms with van der Waals surface area (Å²) in [6.07, 6.45) is 4.79. The summed E-state index contributed by atoms with van der Waals surface area (Å²) in [6.45, 7) is 2.86. The summed E-state index contributed by atoms with van der Waals surface area (Å²) in [6, 6.07) is 8.23. The number of hydrogen-bond donors (Lipinski definition) is 1. The second kappa shape index (κ2) is 6.95. The second-order valence-corrected chi connectivity index (χ2v) is 6.71. The van der Waals surface area contributed by atoms with Crippen LogP contribution in [0.2, 0.25) is 0 Å². The number of fused-ring (bicyclic) bond motifs is 5. The summed E-state index contributed by atoms with van der Waals surface area (Å²) in [5, 5.41) is 1.22. The van der Waals surface area contributed by atoms with Crippen LogP contribution in [-0.4, -0.2) is 42.1 Å². The maximum Gasteiger partial charge on any atom is 0.335 e. The minimum absolute atomic E-state index is 0.113. The smallest absolute Gasteiger partial charge is 0.335 e. The van der Waals surface area contributed by atoms with E-state index in [9.17, 15) is 9.59 Å². The molecule has 2 aromatic rings. The van der Waals surface area contributed by atoms with Gasteiger partial charge in [0, 0.05) is 29.6 Å². The molecule has 0 aliphatic carbocycles. The second-order valence-electron chi connectivity index (χ2n) is 6.71. The van der Waals surface area contributed by atoms with Crippen LogP contribution in [-0.2, 0) is 25.5 Å². The number of nitrogens with one attached hydrogen (secondary N) is 1. The monoisotopic (exact) mass is 366 g/mol. The molecule has 2 aliphatic rings. The van der Waals surface area contributed by atoms with Crippen LogP contribution >= 0.6 is 0 Å². The Morgan fingerprint density at radius 3 is 2.89 bits per heavy atom. The lowest BCUT2D eigenvalue weighted by atomic mass is 9.89. The molecule has 0 radical (unpaired) electrons. The molecule has 0 bridgehead atoms. The van der Waals surface area contributed by atoms with Gasteiger partial charge in [-0.25, -0.2) is 4.79 Å². The van der Waals surface area contributed by atoms with Crippen LogP contribution in [0.15, 0.2) is 42.1 Å². The molecular weight excluding hydrogens is 344 g/mol. The van der Waals surface area contributed by atoms with E-state index in [-0.39, 0.29) is 18.3 Å². The van der Waals surface area contributed by atoms with Crippen LogP contribution in [0.1, 0.15) is 24.6 Å². The lowest BCUT2D eigenvalue weighted by molar-refractivity contribution is -0.143. The van der Waals surface area contributed by atoms with Crippen LogP contribution in [0, 0.1) is 5.92 Å². The minimum atomic E-state index is -0.415. The molecule has 2 aliphatic heterocycles. The molecule has 27 heavy (non-hydrogen) atoms. The van der Waals surface area contributed by atoms with E-state index in [0.29, 0.717) is 12.2 Å². The molecule has 0 fully saturated rings. The maximum absolute atomic E-state index is 12.3. The molecule has 0 amide bonds. The van der Waals surface area contributed by atoms with Crippen molar-refractivity contribution in [2.45, 2.75) is 19.8 Å². The fourth-order valence-electron chi connectivity index (χ4n) is 3.92. The number of carbonyl (C=O) groups is 2. The van der Waals surface area contributed by atoms with Gasteiger partial charge < -0.3 is 19.4 Å². The van der Waals surface area contributed by atoms with Gasteiger partial charge in [0.2, 0.25) is 0 Å². The lowest BCUT2D eigenvalue weighted by Gasteiger charge is -2.34. The number of aromatic nitrogens is 1. The molecule has 0 spiro atoms. The first-order valence-corrected chi connectivity index (χ1v) is 9.16. The average molecular weight is 366 g/mol. The van der Waals surface area contributed by atoms with Gasteiger partial charge in [0.1, 0.15) is 0 Å². The standard InChI is InChI=1S/C21H22N2O4/c1-3-27-19(24)11-13-10-18-20-15(14-6-4-5-7-17(14)22-20)8-9-23(18)12-16(13)21(25)26-2/h4-7,10,12-13,22H,3,8-9,11H2,1-2H3. The maximum atomic E-state index is 12.3. The van der Waals surface area contributed by atoms with Gasteiger partial charge in [-0.05, 0) is 25.0 Å². The van der Waals surface area contributed by atoms with Crippen molar-refractivity contribution in [3.63, 3.8) is 0 Å². The van der Waals surface area contributed by atoms with E-state index in [2.05, 4.69) is 22.0 Å². The van der Waals surface area contributed by atoms with Crippen molar-refractivity contribution in [3.8, 4) is 0 Å². The summed E-state index contributed by atoms with van der Waals surface area (Å²) in [5.41, 5.74) is 4.90. The Morgan fingerprint density at radius 2 is 2.11 bits per heavy atom. The zero-order chi connectivity index (χ0) is 19.0. The number of rotatable bonds is 4. The molecule has 6 nitrogen and oxygen atoms in total. The summed E-state index contributed by atoms with van der Waals surface area (Å²) < 4.78 is 10.0. The Labute approximate surface area is 157 Å². The van der Waals surface area contributed by atoms with E-state index in [4.69, 9.17) is 9.47 Å². The highest BCUT2D eigenvalue weighted by molar-refractivity contribution is 5.94. The Morgan fingerprint density at radius 1 is 1.30 bits per heavy atom. The van der Waals surface area contributed by atoms with Crippen molar-refractivity contribution >= 4 is 28.5 Å². The largest absolute Gasteiger partial charge is 0.466 e. The molecule has 0 saturated carbocycles. The first-order chi connectivity index (χ1) is 13.1. The van der Waals surface area contributed by atoms with Crippen molar-refractivity contribution in [3.05, 3.63) is 53.4 Å². The Balaban J connectivity index is 1.76. The molecule has 6 heteroatoms. The normalized spacial score (nSPS) is 18.3. The number of hydrogen-bond acceptors (Lipinski definition) is 5. The first kappa shape index (κ1) is 17.4. The molecule has 4 rings (SSSR count). The minimum Gasteiger partial charge on any atom is -0.466 e. The molecule has 3 heterocycles. The number of para-hydroxylation sites is 1. The summed E-state index contributed by atoms with van der Waals surface area (Å²) in [4.78, 5) is 29.9. The van der Waals surface area contributed by atoms with Crippen LogP contribution < -0.4 is 0 Å². The molecule has 1 unspecified atom stereocenters. The molecule has 1 aromatic heterocycles. The van der Waals surface area contributed by atoms with Crippen LogP contribution in [0.25, 0.3) is 16.6 Å². The van der Waals surface area contributed by atoms with E-state index >= 15 is 0 Å². The first-order valence-electron chi connectivity index (χ1n) is 9.16. The molecule has 1 N–H and O–H groups in total. The number of allylic oxidation sites excluding steroid dienone is 1. The van der Waals surface area contributed by atoms with E-state index < -0.39 is 5.97 Å². The Kier molecular flexibility index (Phi) is 4.48. The molecule has 1 atom stereocenters. The third-order valence-corrected chi connectivity index (χ3v) is 5.15. The number of aromatic amines is 1. The van der Waals surface area contributed by atoms with Crippen molar-refractivity contribution in [1.82, 2.24) is 9.88 Å². The lowest BCUT2D eigenvalue weighted by Crippen LogP contribution is -2.32. The number of H-pyrrole nitrogens is 1. The fourth-order valence-corrected chi connectivity index (χ4v) is 3.92. The molecule has 0 saturated heterocycles. The van der Waals surface area contributed by atoms with Gasteiger partial charge in [-0.15, -0.1) is 0 Å². The number of nitrogens with zero attached hydrogens (tertiary/aromatic N) is 1. The third kappa shape index (κ3) is 3.01. The van der Waals surface area contributed by atoms with Crippen LogP contribution in [0.3, 0.4) is 0 Å². The van der Waals surface area contributed by atoms with Crippen molar-refractivity contribution < 1.29 is 19.1 Å². The SMILES string of the molecule is CCOC(=O)CC1C=C2c3[nH]c4ccccc4c3CCN2C=C1C(=O)OC. The summed E-state index contributed by atoms with van der Waals surface area (Å²) in [5.74, 6) is -1.11. The van der Waals surface area contributed by atoms with E-state index in [1.165, 1.54) is 18.1 Å². The van der Waals surface area contributed by atoms with Gasteiger partial charge in [-0.3, -0.25) is 4.79 Å². The Bertz CT molecular complexity index is 970.